The maximum Gasteiger partial charge on any atom is 0.323 e. The van der Waals surface area contributed by atoms with Crippen LogP contribution in [0.4, 0.5) is 0 Å². The van der Waals surface area contributed by atoms with Gasteiger partial charge in [-0.1, -0.05) is 18.2 Å². The van der Waals surface area contributed by atoms with Crippen molar-refractivity contribution in [2.45, 2.75) is 13.0 Å². The average molecular weight is 214 g/mol. The molecule has 16 heavy (non-hydrogen) atoms. The minimum atomic E-state index is -0.885. The summed E-state index contributed by atoms with van der Waals surface area (Å²) in [5, 5.41) is 18.4. The molecule has 2 rings (SSSR count). The third kappa shape index (κ3) is 1.75. The van der Waals surface area contributed by atoms with Crippen LogP contribution >= 0.6 is 0 Å². The largest absolute Gasteiger partial charge is 0.480 e. The molecule has 1 N–H and O–H groups in total. The molecule has 0 fully saturated rings. The number of carbonyl (C=O) groups is 1. The first-order valence-electron chi connectivity index (χ1n) is 4.88. The zero-order valence-electron chi connectivity index (χ0n) is 8.55. The molecule has 0 saturated carbocycles. The fraction of sp³-hybridized carbons (Fsp3) is 0.167. The Labute approximate surface area is 92.3 Å². The minimum Gasteiger partial charge on any atom is -0.480 e. The monoisotopic (exact) mass is 214 g/mol. The van der Waals surface area contributed by atoms with Crippen LogP contribution < -0.4 is 0 Å². The van der Waals surface area contributed by atoms with Gasteiger partial charge in [0.15, 0.2) is 0 Å². The van der Waals surface area contributed by atoms with Crippen LogP contribution in [-0.2, 0) is 17.8 Å². The van der Waals surface area contributed by atoms with Gasteiger partial charge >= 0.3 is 5.97 Å². The zero-order chi connectivity index (χ0) is 11.5. The van der Waals surface area contributed by atoms with Crippen molar-refractivity contribution < 1.29 is 9.90 Å². The maximum atomic E-state index is 10.7. The molecule has 4 nitrogen and oxygen atoms in total. The number of nitriles is 1. The van der Waals surface area contributed by atoms with Crippen molar-refractivity contribution in [3.05, 3.63) is 36.0 Å². The summed E-state index contributed by atoms with van der Waals surface area (Å²) in [5.74, 6) is -0.885. The van der Waals surface area contributed by atoms with E-state index in [9.17, 15) is 4.79 Å². The molecule has 0 spiro atoms. The molecule has 0 atom stereocenters. The van der Waals surface area contributed by atoms with Crippen molar-refractivity contribution in [2.24, 2.45) is 0 Å². The SMILES string of the molecule is N#CCc1cn(CC(=O)O)c2ccccc12. The first-order valence-corrected chi connectivity index (χ1v) is 4.88. The molecule has 2 aromatic rings. The first kappa shape index (κ1) is 10.2. The summed E-state index contributed by atoms with van der Waals surface area (Å²) < 4.78 is 1.66. The van der Waals surface area contributed by atoms with Crippen LogP contribution in [0.1, 0.15) is 5.56 Å². The van der Waals surface area contributed by atoms with E-state index in [0.29, 0.717) is 6.42 Å². The number of aromatic nitrogens is 1. The fourth-order valence-corrected chi connectivity index (χ4v) is 1.83. The number of rotatable bonds is 3. The molecular weight excluding hydrogens is 204 g/mol. The highest BCUT2D eigenvalue weighted by Crippen LogP contribution is 2.21. The highest BCUT2D eigenvalue weighted by atomic mass is 16.4. The van der Waals surface area contributed by atoms with Crippen LogP contribution in [0.25, 0.3) is 10.9 Å². The van der Waals surface area contributed by atoms with Gasteiger partial charge in [0.2, 0.25) is 0 Å². The number of fused-ring (bicyclic) bond motifs is 1. The quantitative estimate of drug-likeness (QED) is 0.847. The van der Waals surface area contributed by atoms with Crippen molar-refractivity contribution >= 4 is 16.9 Å². The van der Waals surface area contributed by atoms with E-state index in [1.165, 1.54) is 0 Å². The molecule has 0 radical (unpaired) electrons. The number of benzene rings is 1. The standard InChI is InChI=1S/C12H10N2O2/c13-6-5-9-7-14(8-12(15)16)11-4-2-1-3-10(9)11/h1-4,7H,5,8H2,(H,15,16). The summed E-state index contributed by atoms with van der Waals surface area (Å²) in [4.78, 5) is 10.7. The van der Waals surface area contributed by atoms with E-state index in [4.69, 9.17) is 10.4 Å². The van der Waals surface area contributed by atoms with E-state index in [-0.39, 0.29) is 6.54 Å². The second-order valence-electron chi connectivity index (χ2n) is 3.53. The molecule has 0 unspecified atom stereocenters. The predicted molar refractivity (Wildman–Crippen MR) is 58.9 cm³/mol. The van der Waals surface area contributed by atoms with Gasteiger partial charge in [-0.2, -0.15) is 5.26 Å². The van der Waals surface area contributed by atoms with E-state index in [0.717, 1.165) is 16.5 Å². The molecule has 0 aliphatic heterocycles. The molecular formula is C12H10N2O2. The number of aliphatic carboxylic acids is 1. The summed E-state index contributed by atoms with van der Waals surface area (Å²) >= 11 is 0. The summed E-state index contributed by atoms with van der Waals surface area (Å²) in [6.07, 6.45) is 2.04. The predicted octanol–water partition coefficient (Wildman–Crippen LogP) is 1.79. The fourth-order valence-electron chi connectivity index (χ4n) is 1.83. The Balaban J connectivity index is 2.58. The molecule has 1 heterocycles. The van der Waals surface area contributed by atoms with Crippen LogP contribution in [0.5, 0.6) is 0 Å². The van der Waals surface area contributed by atoms with E-state index < -0.39 is 5.97 Å². The van der Waals surface area contributed by atoms with E-state index in [1.54, 1.807) is 10.8 Å². The van der Waals surface area contributed by atoms with Crippen molar-refractivity contribution in [3.63, 3.8) is 0 Å². The lowest BCUT2D eigenvalue weighted by atomic mass is 10.1. The van der Waals surface area contributed by atoms with Crippen LogP contribution in [0, 0.1) is 11.3 Å². The lowest BCUT2D eigenvalue weighted by Gasteiger charge is -1.99. The number of hydrogen-bond acceptors (Lipinski definition) is 2. The van der Waals surface area contributed by atoms with Crippen LogP contribution in [0.2, 0.25) is 0 Å². The second-order valence-corrected chi connectivity index (χ2v) is 3.53. The summed E-state index contributed by atoms with van der Waals surface area (Å²) in [6, 6.07) is 9.59. The summed E-state index contributed by atoms with van der Waals surface area (Å²) in [5.41, 5.74) is 1.73. The lowest BCUT2D eigenvalue weighted by molar-refractivity contribution is -0.137. The number of nitrogens with zero attached hydrogens (tertiary/aromatic N) is 2. The first-order chi connectivity index (χ1) is 7.72. The average Bonchev–Trinajstić information content (AvgIpc) is 2.58. The van der Waals surface area contributed by atoms with Crippen LogP contribution in [-0.4, -0.2) is 15.6 Å². The smallest absolute Gasteiger partial charge is 0.323 e. The molecule has 0 aliphatic carbocycles. The number of carboxylic acids is 1. The van der Waals surface area contributed by atoms with Gasteiger partial charge in [-0.3, -0.25) is 4.79 Å². The van der Waals surface area contributed by atoms with Gasteiger partial charge in [0, 0.05) is 17.1 Å². The molecule has 0 saturated heterocycles. The third-order valence-electron chi connectivity index (χ3n) is 2.45. The minimum absolute atomic E-state index is 0.0774. The molecule has 0 bridgehead atoms. The summed E-state index contributed by atoms with van der Waals surface area (Å²) in [6.45, 7) is -0.0774. The summed E-state index contributed by atoms with van der Waals surface area (Å²) in [7, 11) is 0. The Hall–Kier alpha value is -2.28. The Morgan fingerprint density at radius 2 is 2.19 bits per heavy atom. The molecule has 80 valence electrons. The zero-order valence-corrected chi connectivity index (χ0v) is 8.55. The van der Waals surface area contributed by atoms with Gasteiger partial charge in [-0.05, 0) is 11.6 Å². The molecule has 1 aromatic carbocycles. The molecule has 0 aliphatic rings. The molecule has 4 heteroatoms. The highest BCUT2D eigenvalue weighted by molar-refractivity contribution is 5.85. The van der Waals surface area contributed by atoms with E-state index in [2.05, 4.69) is 6.07 Å². The van der Waals surface area contributed by atoms with Crippen molar-refractivity contribution in [2.75, 3.05) is 0 Å². The second kappa shape index (κ2) is 4.07. The van der Waals surface area contributed by atoms with Crippen LogP contribution in [0.15, 0.2) is 30.5 Å². The number of hydrogen-bond donors (Lipinski definition) is 1. The third-order valence-corrected chi connectivity index (χ3v) is 2.45. The van der Waals surface area contributed by atoms with Crippen molar-refractivity contribution in [3.8, 4) is 6.07 Å². The Morgan fingerprint density at radius 3 is 2.88 bits per heavy atom. The van der Waals surface area contributed by atoms with Gasteiger partial charge in [0.05, 0.1) is 12.5 Å². The highest BCUT2D eigenvalue weighted by Gasteiger charge is 2.09. The Morgan fingerprint density at radius 1 is 1.44 bits per heavy atom. The van der Waals surface area contributed by atoms with Gasteiger partial charge < -0.3 is 9.67 Å². The van der Waals surface area contributed by atoms with Gasteiger partial charge in [0.1, 0.15) is 6.54 Å². The molecule has 1 aromatic heterocycles. The Bertz CT molecular complexity index is 578. The normalized spacial score (nSPS) is 10.2. The Kier molecular flexibility index (Phi) is 2.61. The van der Waals surface area contributed by atoms with Gasteiger partial charge in [0.25, 0.3) is 0 Å². The van der Waals surface area contributed by atoms with Crippen molar-refractivity contribution in [1.82, 2.24) is 4.57 Å². The topological polar surface area (TPSA) is 66.0 Å². The maximum absolute atomic E-state index is 10.7. The van der Waals surface area contributed by atoms with Crippen molar-refractivity contribution in [1.29, 1.82) is 5.26 Å². The van der Waals surface area contributed by atoms with Gasteiger partial charge in [-0.25, -0.2) is 0 Å². The van der Waals surface area contributed by atoms with E-state index >= 15 is 0 Å². The number of para-hydroxylation sites is 1. The lowest BCUT2D eigenvalue weighted by Crippen LogP contribution is -2.07. The van der Waals surface area contributed by atoms with E-state index in [1.807, 2.05) is 24.3 Å². The van der Waals surface area contributed by atoms with Gasteiger partial charge in [-0.15, -0.1) is 0 Å². The van der Waals surface area contributed by atoms with Crippen LogP contribution in [0.3, 0.4) is 0 Å². The number of carboxylic acid groups (broad SMARTS) is 1. The molecule has 0 amide bonds.